The van der Waals surface area contributed by atoms with Gasteiger partial charge in [0.1, 0.15) is 0 Å². The summed E-state index contributed by atoms with van der Waals surface area (Å²) in [6, 6.07) is 0. The number of hydrogen-bond donors (Lipinski definition) is 2. The van der Waals surface area contributed by atoms with Gasteiger partial charge >= 0.3 is 5.97 Å². The van der Waals surface area contributed by atoms with Crippen molar-refractivity contribution >= 4 is 5.97 Å². The minimum Gasteiger partial charge on any atom is -0.481 e. The Morgan fingerprint density at radius 1 is 1.24 bits per heavy atom. The third kappa shape index (κ3) is 7.15. The van der Waals surface area contributed by atoms with E-state index in [1.165, 1.54) is 30.4 Å². The lowest BCUT2D eigenvalue weighted by Crippen LogP contribution is -2.38. The molecular formula is C26H40O3. The molecule has 0 saturated carbocycles. The molecule has 1 aliphatic carbocycles. The normalized spacial score (nSPS) is 21.7. The summed E-state index contributed by atoms with van der Waals surface area (Å²) < 4.78 is 0. The van der Waals surface area contributed by atoms with Crippen LogP contribution in [0.25, 0.3) is 0 Å². The maximum absolute atomic E-state index is 11.6. The average Bonchev–Trinajstić information content (AvgIpc) is 2.60. The zero-order chi connectivity index (χ0) is 22.2. The maximum Gasteiger partial charge on any atom is 0.312 e. The zero-order valence-corrected chi connectivity index (χ0v) is 19.4. The topological polar surface area (TPSA) is 57.5 Å². The van der Waals surface area contributed by atoms with Gasteiger partial charge in [0.15, 0.2) is 0 Å². The predicted molar refractivity (Wildman–Crippen MR) is 123 cm³/mol. The first-order valence-corrected chi connectivity index (χ1v) is 10.8. The highest BCUT2D eigenvalue weighted by atomic mass is 16.4. The van der Waals surface area contributed by atoms with Crippen molar-refractivity contribution in [1.29, 1.82) is 0 Å². The van der Waals surface area contributed by atoms with Crippen LogP contribution in [0.5, 0.6) is 0 Å². The quantitative estimate of drug-likeness (QED) is 0.420. The molecule has 0 heterocycles. The predicted octanol–water partition coefficient (Wildman–Crippen LogP) is 6.77. The van der Waals surface area contributed by atoms with Crippen LogP contribution in [0.15, 0.2) is 58.7 Å². The van der Waals surface area contributed by atoms with Gasteiger partial charge in [0.05, 0.1) is 11.5 Å². The van der Waals surface area contributed by atoms with Gasteiger partial charge in [-0.3, -0.25) is 4.79 Å². The van der Waals surface area contributed by atoms with Crippen molar-refractivity contribution in [3.8, 4) is 0 Å². The van der Waals surface area contributed by atoms with Crippen molar-refractivity contribution < 1.29 is 15.0 Å². The van der Waals surface area contributed by atoms with E-state index in [1.54, 1.807) is 13.0 Å². The fraction of sp³-hybridized carbons (Fsp3) is 0.577. The van der Waals surface area contributed by atoms with Crippen LogP contribution in [0.4, 0.5) is 0 Å². The molecule has 29 heavy (non-hydrogen) atoms. The van der Waals surface area contributed by atoms with Crippen LogP contribution in [-0.4, -0.2) is 22.3 Å². The van der Waals surface area contributed by atoms with Crippen LogP contribution in [0.2, 0.25) is 0 Å². The van der Waals surface area contributed by atoms with Gasteiger partial charge in [-0.15, -0.1) is 0 Å². The van der Waals surface area contributed by atoms with Gasteiger partial charge in [-0.05, 0) is 64.4 Å². The van der Waals surface area contributed by atoms with E-state index in [0.29, 0.717) is 12.8 Å². The number of rotatable bonds is 9. The van der Waals surface area contributed by atoms with Crippen LogP contribution in [0.3, 0.4) is 0 Å². The first kappa shape index (κ1) is 25.2. The smallest absolute Gasteiger partial charge is 0.312 e. The fourth-order valence-corrected chi connectivity index (χ4v) is 4.02. The van der Waals surface area contributed by atoms with Gasteiger partial charge in [0.25, 0.3) is 0 Å². The molecule has 3 heteroatoms. The van der Waals surface area contributed by atoms with Crippen molar-refractivity contribution in [1.82, 2.24) is 0 Å². The Morgan fingerprint density at radius 2 is 1.90 bits per heavy atom. The molecule has 0 aromatic rings. The van der Waals surface area contributed by atoms with Gasteiger partial charge in [-0.25, -0.2) is 0 Å². The lowest BCUT2D eigenvalue weighted by molar-refractivity contribution is -0.153. The van der Waals surface area contributed by atoms with E-state index in [1.807, 2.05) is 32.1 Å². The number of hydrogen-bond acceptors (Lipinski definition) is 2. The Kier molecular flexibility index (Phi) is 9.35. The van der Waals surface area contributed by atoms with Crippen LogP contribution in [0.1, 0.15) is 80.6 Å². The summed E-state index contributed by atoms with van der Waals surface area (Å²) in [5.74, 6) is -0.962. The van der Waals surface area contributed by atoms with E-state index in [0.717, 1.165) is 11.1 Å². The molecule has 0 aromatic heterocycles. The summed E-state index contributed by atoms with van der Waals surface area (Å²) in [5, 5.41) is 19.9. The summed E-state index contributed by atoms with van der Waals surface area (Å²) in [6.45, 7) is 14.4. The lowest BCUT2D eigenvalue weighted by atomic mass is 9.72. The van der Waals surface area contributed by atoms with Crippen molar-refractivity contribution in [2.45, 2.75) is 86.7 Å². The molecular weight excluding hydrogens is 360 g/mol. The molecule has 0 bridgehead atoms. The molecule has 0 aromatic carbocycles. The Labute approximate surface area is 177 Å². The standard InChI is InChI=1S/C26H40O3/c1-8-16-26(7,24(28)29)23(27)18-20(3)12-9-11-19(2)14-15-22-21(4)13-10-17-25(22,5)6/h9,11-12,14-15,18,23,27H,8,10,13,16-17H2,1-7H3,(H,28,29). The van der Waals surface area contributed by atoms with E-state index in [2.05, 4.69) is 39.8 Å². The van der Waals surface area contributed by atoms with Gasteiger partial charge in [0, 0.05) is 0 Å². The molecule has 1 rings (SSSR count). The highest BCUT2D eigenvalue weighted by molar-refractivity contribution is 5.75. The van der Waals surface area contributed by atoms with Crippen LogP contribution >= 0.6 is 0 Å². The molecule has 0 spiro atoms. The zero-order valence-electron chi connectivity index (χ0n) is 19.4. The Hall–Kier alpha value is -1.87. The van der Waals surface area contributed by atoms with E-state index < -0.39 is 17.5 Å². The summed E-state index contributed by atoms with van der Waals surface area (Å²) in [6.07, 6.45) is 15.8. The first-order chi connectivity index (χ1) is 13.4. The number of allylic oxidation sites excluding steroid dienone is 9. The molecule has 3 nitrogen and oxygen atoms in total. The molecule has 0 amide bonds. The molecule has 0 fully saturated rings. The molecule has 0 aliphatic heterocycles. The monoisotopic (exact) mass is 400 g/mol. The molecule has 2 N–H and O–H groups in total. The van der Waals surface area contributed by atoms with Crippen molar-refractivity contribution in [3.63, 3.8) is 0 Å². The number of carbonyl (C=O) groups is 1. The number of aliphatic hydroxyl groups excluding tert-OH is 1. The molecule has 0 saturated heterocycles. The lowest BCUT2D eigenvalue weighted by Gasteiger charge is -2.32. The highest BCUT2D eigenvalue weighted by Crippen LogP contribution is 2.40. The van der Waals surface area contributed by atoms with E-state index in [4.69, 9.17) is 0 Å². The molecule has 2 atom stereocenters. The minimum atomic E-state index is -1.16. The Bertz CT molecular complexity index is 731. The third-order valence-electron chi connectivity index (χ3n) is 6.11. The summed E-state index contributed by atoms with van der Waals surface area (Å²) in [4.78, 5) is 11.6. The van der Waals surface area contributed by atoms with E-state index >= 15 is 0 Å². The van der Waals surface area contributed by atoms with Crippen molar-refractivity contribution in [2.24, 2.45) is 10.8 Å². The average molecular weight is 401 g/mol. The van der Waals surface area contributed by atoms with Crippen LogP contribution in [0, 0.1) is 10.8 Å². The Morgan fingerprint density at radius 3 is 2.45 bits per heavy atom. The SMILES string of the molecule is CCCC(C)(C(=O)O)C(O)C=C(C)C=CC=C(C)C=CC1=C(C)CCCC1(C)C. The summed E-state index contributed by atoms with van der Waals surface area (Å²) >= 11 is 0. The molecule has 162 valence electrons. The summed E-state index contributed by atoms with van der Waals surface area (Å²) in [5.41, 5.74) is 4.01. The second-order valence-electron chi connectivity index (χ2n) is 9.36. The number of carboxylic acid groups (broad SMARTS) is 1. The number of aliphatic carboxylic acids is 1. The first-order valence-electron chi connectivity index (χ1n) is 10.8. The van der Waals surface area contributed by atoms with Crippen LogP contribution in [-0.2, 0) is 4.79 Å². The third-order valence-corrected chi connectivity index (χ3v) is 6.11. The Balaban J connectivity index is 2.85. The van der Waals surface area contributed by atoms with Gasteiger partial charge in [-0.1, -0.05) is 80.4 Å². The van der Waals surface area contributed by atoms with Crippen LogP contribution < -0.4 is 0 Å². The second-order valence-corrected chi connectivity index (χ2v) is 9.36. The highest BCUT2D eigenvalue weighted by Gasteiger charge is 2.38. The van der Waals surface area contributed by atoms with Crippen molar-refractivity contribution in [2.75, 3.05) is 0 Å². The minimum absolute atomic E-state index is 0.236. The van der Waals surface area contributed by atoms with E-state index in [-0.39, 0.29) is 5.41 Å². The van der Waals surface area contributed by atoms with E-state index in [9.17, 15) is 15.0 Å². The van der Waals surface area contributed by atoms with Gasteiger partial charge in [0.2, 0.25) is 0 Å². The summed E-state index contributed by atoms with van der Waals surface area (Å²) in [7, 11) is 0. The maximum atomic E-state index is 11.6. The fourth-order valence-electron chi connectivity index (χ4n) is 4.02. The molecule has 1 aliphatic rings. The number of aliphatic hydroxyl groups is 1. The van der Waals surface area contributed by atoms with Crippen molar-refractivity contribution in [3.05, 3.63) is 58.7 Å². The van der Waals surface area contributed by atoms with Gasteiger partial charge in [-0.2, -0.15) is 0 Å². The molecule has 2 unspecified atom stereocenters. The second kappa shape index (κ2) is 10.8. The number of carboxylic acids is 1. The van der Waals surface area contributed by atoms with Gasteiger partial charge < -0.3 is 10.2 Å². The molecule has 0 radical (unpaired) electrons. The largest absolute Gasteiger partial charge is 0.481 e.